The molecule has 0 radical (unpaired) electrons. The summed E-state index contributed by atoms with van der Waals surface area (Å²) in [6, 6.07) is 6.07. The highest BCUT2D eigenvalue weighted by molar-refractivity contribution is 7.90. The number of oxazole rings is 1. The zero-order chi connectivity index (χ0) is 19.2. The van der Waals surface area contributed by atoms with Crippen LogP contribution in [-0.2, 0) is 10.0 Å². The lowest BCUT2D eigenvalue weighted by Gasteiger charge is -2.19. The minimum absolute atomic E-state index is 0.490. The van der Waals surface area contributed by atoms with Crippen molar-refractivity contribution in [3.8, 4) is 11.5 Å². The van der Waals surface area contributed by atoms with Gasteiger partial charge in [0.25, 0.3) is 0 Å². The Hall–Kier alpha value is -1.86. The molecule has 0 aliphatic carbocycles. The Labute approximate surface area is 156 Å². The molecule has 0 atom stereocenters. The maximum Gasteiger partial charge on any atom is 0.225 e. The van der Waals surface area contributed by atoms with E-state index in [1.165, 1.54) is 0 Å². The van der Waals surface area contributed by atoms with E-state index < -0.39 is 14.8 Å². The third-order valence-electron chi connectivity index (χ3n) is 4.17. The molecule has 26 heavy (non-hydrogen) atoms. The normalized spacial score (nSPS) is 12.3. The molecule has 0 aliphatic rings. The predicted octanol–water partition coefficient (Wildman–Crippen LogP) is 3.95. The van der Waals surface area contributed by atoms with Gasteiger partial charge >= 0.3 is 0 Å². The standard InChI is InChI=1S/C19H29N3O3S/c1-15-14-16(18-21-12-13-25-18)8-9-17(15)20-10-6-5-7-11-22-26(23,24)19(2,3)4/h8-9,12-14,20,22H,5-7,10-11H2,1-4H3. The van der Waals surface area contributed by atoms with Crippen LogP contribution in [-0.4, -0.2) is 31.2 Å². The van der Waals surface area contributed by atoms with Crippen LogP contribution < -0.4 is 10.0 Å². The van der Waals surface area contributed by atoms with Gasteiger partial charge in [-0.1, -0.05) is 6.42 Å². The average Bonchev–Trinajstić information content (AvgIpc) is 3.08. The summed E-state index contributed by atoms with van der Waals surface area (Å²) in [6.07, 6.45) is 5.99. The van der Waals surface area contributed by atoms with Crippen LogP contribution in [0, 0.1) is 6.92 Å². The van der Waals surface area contributed by atoms with Gasteiger partial charge in [-0.15, -0.1) is 0 Å². The first-order valence-electron chi connectivity index (χ1n) is 8.94. The van der Waals surface area contributed by atoms with Crippen LogP contribution in [0.5, 0.6) is 0 Å². The second-order valence-corrected chi connectivity index (χ2v) is 9.88. The summed E-state index contributed by atoms with van der Waals surface area (Å²) < 4.78 is 31.1. The Kier molecular flexibility index (Phi) is 6.83. The summed E-state index contributed by atoms with van der Waals surface area (Å²) in [5.41, 5.74) is 3.19. The lowest BCUT2D eigenvalue weighted by molar-refractivity contribution is 0.540. The molecule has 1 aromatic carbocycles. The van der Waals surface area contributed by atoms with Crippen molar-refractivity contribution >= 4 is 15.7 Å². The Morgan fingerprint density at radius 2 is 1.85 bits per heavy atom. The first-order chi connectivity index (χ1) is 12.2. The van der Waals surface area contributed by atoms with Crippen LogP contribution in [0.4, 0.5) is 5.69 Å². The smallest absolute Gasteiger partial charge is 0.225 e. The van der Waals surface area contributed by atoms with Gasteiger partial charge in [-0.05, 0) is 64.3 Å². The predicted molar refractivity (Wildman–Crippen MR) is 106 cm³/mol. The summed E-state index contributed by atoms with van der Waals surface area (Å²) in [7, 11) is -3.24. The molecule has 0 bridgehead atoms. The van der Waals surface area contributed by atoms with Gasteiger partial charge in [0, 0.05) is 24.3 Å². The van der Waals surface area contributed by atoms with Gasteiger partial charge in [0.15, 0.2) is 0 Å². The van der Waals surface area contributed by atoms with E-state index in [0.29, 0.717) is 12.4 Å². The molecule has 0 amide bonds. The van der Waals surface area contributed by atoms with Gasteiger partial charge in [0.05, 0.1) is 10.9 Å². The number of aromatic nitrogens is 1. The van der Waals surface area contributed by atoms with E-state index >= 15 is 0 Å². The Bertz CT molecular complexity index is 794. The van der Waals surface area contributed by atoms with Crippen molar-refractivity contribution in [3.05, 3.63) is 36.2 Å². The highest BCUT2D eigenvalue weighted by Gasteiger charge is 2.27. The molecule has 0 saturated heterocycles. The summed E-state index contributed by atoms with van der Waals surface area (Å²) in [5, 5.41) is 3.43. The molecule has 0 saturated carbocycles. The van der Waals surface area contributed by atoms with Crippen LogP contribution >= 0.6 is 0 Å². The zero-order valence-electron chi connectivity index (χ0n) is 16.0. The molecule has 2 aromatic rings. The SMILES string of the molecule is Cc1cc(-c2ncco2)ccc1NCCCCCNS(=O)(=O)C(C)(C)C. The number of hydrogen-bond acceptors (Lipinski definition) is 5. The van der Waals surface area contributed by atoms with E-state index in [9.17, 15) is 8.42 Å². The van der Waals surface area contributed by atoms with Crippen molar-refractivity contribution in [2.45, 2.75) is 51.7 Å². The fourth-order valence-electron chi connectivity index (χ4n) is 2.43. The number of benzene rings is 1. The fourth-order valence-corrected chi connectivity index (χ4v) is 3.28. The van der Waals surface area contributed by atoms with E-state index in [0.717, 1.165) is 42.6 Å². The lowest BCUT2D eigenvalue weighted by atomic mass is 10.1. The Balaban J connectivity index is 1.69. The van der Waals surface area contributed by atoms with E-state index in [2.05, 4.69) is 28.0 Å². The van der Waals surface area contributed by atoms with Crippen molar-refractivity contribution in [2.24, 2.45) is 0 Å². The number of unbranched alkanes of at least 4 members (excludes halogenated alkanes) is 2. The number of nitrogens with one attached hydrogen (secondary N) is 2. The minimum atomic E-state index is -3.24. The third kappa shape index (κ3) is 5.57. The second-order valence-electron chi connectivity index (χ2n) is 7.36. The number of aryl methyl sites for hydroxylation is 1. The molecule has 0 aliphatic heterocycles. The molecule has 2 rings (SSSR count). The van der Waals surface area contributed by atoms with E-state index in [-0.39, 0.29) is 0 Å². The molecule has 0 fully saturated rings. The Morgan fingerprint density at radius 1 is 1.12 bits per heavy atom. The molecule has 0 spiro atoms. The van der Waals surface area contributed by atoms with Crippen LogP contribution in [0.2, 0.25) is 0 Å². The molecule has 2 N–H and O–H groups in total. The lowest BCUT2D eigenvalue weighted by Crippen LogP contribution is -2.39. The molecule has 1 aromatic heterocycles. The summed E-state index contributed by atoms with van der Waals surface area (Å²) >= 11 is 0. The van der Waals surface area contributed by atoms with Crippen molar-refractivity contribution in [3.63, 3.8) is 0 Å². The van der Waals surface area contributed by atoms with Crippen LogP contribution in [0.3, 0.4) is 0 Å². The average molecular weight is 380 g/mol. The molecule has 1 heterocycles. The molecule has 7 heteroatoms. The molecule has 144 valence electrons. The van der Waals surface area contributed by atoms with Crippen molar-refractivity contribution in [1.82, 2.24) is 9.71 Å². The van der Waals surface area contributed by atoms with Crippen LogP contribution in [0.15, 0.2) is 35.1 Å². The van der Waals surface area contributed by atoms with Gasteiger partial charge in [0.2, 0.25) is 15.9 Å². The van der Waals surface area contributed by atoms with Gasteiger partial charge < -0.3 is 9.73 Å². The number of nitrogens with zero attached hydrogens (tertiary/aromatic N) is 1. The largest absolute Gasteiger partial charge is 0.445 e. The third-order valence-corrected chi connectivity index (χ3v) is 6.37. The number of anilines is 1. The van der Waals surface area contributed by atoms with Crippen molar-refractivity contribution < 1.29 is 12.8 Å². The van der Waals surface area contributed by atoms with E-state index in [4.69, 9.17) is 4.42 Å². The summed E-state index contributed by atoms with van der Waals surface area (Å²) in [4.78, 5) is 4.16. The molecular formula is C19H29N3O3S. The van der Waals surface area contributed by atoms with Crippen molar-refractivity contribution in [2.75, 3.05) is 18.4 Å². The molecular weight excluding hydrogens is 350 g/mol. The van der Waals surface area contributed by atoms with Crippen LogP contribution in [0.1, 0.15) is 45.6 Å². The number of sulfonamides is 1. The first kappa shape index (κ1) is 20.5. The Morgan fingerprint density at radius 3 is 2.46 bits per heavy atom. The van der Waals surface area contributed by atoms with E-state index in [1.54, 1.807) is 33.2 Å². The summed E-state index contributed by atoms with van der Waals surface area (Å²) in [5.74, 6) is 0.623. The maximum atomic E-state index is 11.9. The van der Waals surface area contributed by atoms with Gasteiger partial charge in [-0.3, -0.25) is 0 Å². The van der Waals surface area contributed by atoms with Crippen molar-refractivity contribution in [1.29, 1.82) is 0 Å². The number of hydrogen-bond donors (Lipinski definition) is 2. The maximum absolute atomic E-state index is 11.9. The summed E-state index contributed by atoms with van der Waals surface area (Å²) in [6.45, 7) is 8.50. The van der Waals surface area contributed by atoms with Crippen LogP contribution in [0.25, 0.3) is 11.5 Å². The monoisotopic (exact) mass is 379 g/mol. The molecule has 6 nitrogen and oxygen atoms in total. The number of rotatable bonds is 9. The van der Waals surface area contributed by atoms with Gasteiger partial charge in [-0.25, -0.2) is 18.1 Å². The topological polar surface area (TPSA) is 84.2 Å². The highest BCUT2D eigenvalue weighted by atomic mass is 32.2. The fraction of sp³-hybridized carbons (Fsp3) is 0.526. The first-order valence-corrected chi connectivity index (χ1v) is 10.4. The van der Waals surface area contributed by atoms with E-state index in [1.807, 2.05) is 12.1 Å². The van der Waals surface area contributed by atoms with Gasteiger partial charge in [0.1, 0.15) is 6.26 Å². The molecule has 0 unspecified atom stereocenters. The second kappa shape index (κ2) is 8.68. The highest BCUT2D eigenvalue weighted by Crippen LogP contribution is 2.23. The van der Waals surface area contributed by atoms with Gasteiger partial charge in [-0.2, -0.15) is 0 Å². The zero-order valence-corrected chi connectivity index (χ0v) is 16.8. The quantitative estimate of drug-likeness (QED) is 0.645. The minimum Gasteiger partial charge on any atom is -0.445 e.